The summed E-state index contributed by atoms with van der Waals surface area (Å²) in [7, 11) is -4.07. The Bertz CT molecular complexity index is 2200. The number of phosphoric ester groups is 1. The van der Waals surface area contributed by atoms with Gasteiger partial charge in [0.2, 0.25) is 6.79 Å². The fourth-order valence-corrected chi connectivity index (χ4v) is 7.91. The fraction of sp³-hybridized carbons (Fsp3) is 0.340. The van der Waals surface area contributed by atoms with Crippen LogP contribution in [0.3, 0.4) is 0 Å². The molecular formula is C50H60N3O9P. The lowest BCUT2D eigenvalue weighted by Crippen LogP contribution is -2.32. The molecule has 0 bridgehead atoms. The summed E-state index contributed by atoms with van der Waals surface area (Å²) in [6.45, 7) is 13.7. The Balaban J connectivity index is 1.16. The number of esters is 2. The Morgan fingerprint density at radius 2 is 1.24 bits per heavy atom. The van der Waals surface area contributed by atoms with E-state index in [9.17, 15) is 18.9 Å². The quantitative estimate of drug-likeness (QED) is 0.0370. The molecule has 5 aromatic carbocycles. The van der Waals surface area contributed by atoms with Crippen LogP contribution in [0.4, 0.5) is 21.9 Å². The molecule has 0 fully saturated rings. The van der Waals surface area contributed by atoms with Gasteiger partial charge in [-0.3, -0.25) is 18.6 Å². The highest BCUT2D eigenvalue weighted by atomic mass is 31.2. The predicted octanol–water partition coefficient (Wildman–Crippen LogP) is 11.8. The largest absolute Gasteiger partial charge is 0.530 e. The van der Waals surface area contributed by atoms with Gasteiger partial charge in [0.1, 0.15) is 5.75 Å². The molecule has 13 heteroatoms. The summed E-state index contributed by atoms with van der Waals surface area (Å²) in [4.78, 5) is 41.4. The molecule has 1 atom stereocenters. The first-order chi connectivity index (χ1) is 30.3. The minimum absolute atomic E-state index is 0.0114. The topological polar surface area (TPSA) is 142 Å². The molecule has 2 amide bonds. The zero-order valence-corrected chi connectivity index (χ0v) is 38.0. The average molecular weight is 878 g/mol. The van der Waals surface area contributed by atoms with Gasteiger partial charge in [-0.1, -0.05) is 131 Å². The molecule has 0 saturated carbocycles. The van der Waals surface area contributed by atoms with Crippen molar-refractivity contribution in [2.24, 2.45) is 11.8 Å². The lowest BCUT2D eigenvalue weighted by Gasteiger charge is -2.31. The summed E-state index contributed by atoms with van der Waals surface area (Å²) >= 11 is 0. The van der Waals surface area contributed by atoms with E-state index in [-0.39, 0.29) is 43.8 Å². The summed E-state index contributed by atoms with van der Waals surface area (Å²) in [6, 6.07) is 38.1. The van der Waals surface area contributed by atoms with E-state index in [1.165, 1.54) is 0 Å². The number of hydrogen-bond donors (Lipinski definition) is 2. The Morgan fingerprint density at radius 1 is 0.667 bits per heavy atom. The maximum Gasteiger partial charge on any atom is 0.530 e. The third kappa shape index (κ3) is 16.4. The van der Waals surface area contributed by atoms with E-state index in [1.54, 1.807) is 24.3 Å². The number of ether oxygens (including phenoxy) is 2. The number of amides is 2. The second-order valence-corrected chi connectivity index (χ2v) is 17.8. The lowest BCUT2D eigenvalue weighted by atomic mass is 9.92. The van der Waals surface area contributed by atoms with Gasteiger partial charge in [0, 0.05) is 18.8 Å². The van der Waals surface area contributed by atoms with Crippen LogP contribution >= 0.6 is 7.82 Å². The number of hydrogen-bond acceptors (Lipinski definition) is 10. The number of benzene rings is 5. The number of anilines is 3. The molecule has 0 spiro atoms. The van der Waals surface area contributed by atoms with Crippen LogP contribution in [0.15, 0.2) is 127 Å². The molecule has 2 N–H and O–H groups in total. The third-order valence-electron chi connectivity index (χ3n) is 9.86. The highest BCUT2D eigenvalue weighted by molar-refractivity contribution is 7.48. The number of nitrogens with zero attached hydrogens (tertiary/aromatic N) is 1. The second-order valence-electron chi connectivity index (χ2n) is 16.3. The van der Waals surface area contributed by atoms with Crippen LogP contribution in [-0.2, 0) is 52.3 Å². The van der Waals surface area contributed by atoms with Crippen molar-refractivity contribution >= 4 is 42.9 Å². The van der Waals surface area contributed by atoms with Gasteiger partial charge in [0.25, 0.3) is 0 Å². The van der Waals surface area contributed by atoms with Crippen LogP contribution in [0, 0.1) is 18.8 Å². The normalized spacial score (nSPS) is 11.8. The molecular weight excluding hydrogens is 818 g/mol. The molecule has 0 aliphatic carbocycles. The van der Waals surface area contributed by atoms with Crippen molar-refractivity contribution in [1.82, 2.24) is 0 Å². The summed E-state index contributed by atoms with van der Waals surface area (Å²) in [6.07, 6.45) is 0.560. The molecule has 0 saturated heterocycles. The van der Waals surface area contributed by atoms with Gasteiger partial charge in [0.15, 0.2) is 0 Å². The standard InChI is InChI=1S/C50H60N3O9P/c1-7-42(43-22-27-47(53(31-36(2)3)32-37(4)5)46(29-43)52-50(56)51-44-23-18-38(6)19-24-44)30-49(55)59-35-58-48(54)28-39-20-25-45(26-21-39)62-63(57,60-33-40-14-10-8-11-15-40)61-34-41-16-12-9-13-17-41/h8-27,29,36-37,42H,7,28,30-35H2,1-6H3,(H2,51,52,56). The first-order valence-electron chi connectivity index (χ1n) is 21.4. The minimum Gasteiger partial charge on any atom is -0.428 e. The summed E-state index contributed by atoms with van der Waals surface area (Å²) in [5, 5.41) is 6.00. The summed E-state index contributed by atoms with van der Waals surface area (Å²) < 4.78 is 41.6. The van der Waals surface area contributed by atoms with E-state index in [0.29, 0.717) is 35.2 Å². The van der Waals surface area contributed by atoms with Crippen LogP contribution in [0.25, 0.3) is 0 Å². The van der Waals surface area contributed by atoms with E-state index in [0.717, 1.165) is 41.0 Å². The van der Waals surface area contributed by atoms with Crippen molar-refractivity contribution in [3.8, 4) is 5.75 Å². The smallest absolute Gasteiger partial charge is 0.428 e. The van der Waals surface area contributed by atoms with Crippen LogP contribution in [0.2, 0.25) is 0 Å². The van der Waals surface area contributed by atoms with Gasteiger partial charge in [-0.2, -0.15) is 0 Å². The molecule has 12 nitrogen and oxygen atoms in total. The predicted molar refractivity (Wildman–Crippen MR) is 248 cm³/mol. The van der Waals surface area contributed by atoms with Crippen molar-refractivity contribution in [1.29, 1.82) is 0 Å². The van der Waals surface area contributed by atoms with Crippen LogP contribution < -0.4 is 20.1 Å². The molecule has 334 valence electrons. The van der Waals surface area contributed by atoms with Gasteiger partial charge >= 0.3 is 25.8 Å². The lowest BCUT2D eigenvalue weighted by molar-refractivity contribution is -0.167. The van der Waals surface area contributed by atoms with Crippen molar-refractivity contribution in [2.45, 2.75) is 79.9 Å². The van der Waals surface area contributed by atoms with Gasteiger partial charge in [-0.15, -0.1) is 0 Å². The second kappa shape index (κ2) is 24.1. The Kier molecular flexibility index (Phi) is 18.4. The number of phosphoric acid groups is 1. The zero-order valence-electron chi connectivity index (χ0n) is 37.1. The van der Waals surface area contributed by atoms with Crippen molar-refractivity contribution < 1.29 is 42.0 Å². The molecule has 0 aliphatic rings. The number of aryl methyl sites for hydroxylation is 1. The Hall–Kier alpha value is -5.94. The monoisotopic (exact) mass is 877 g/mol. The molecule has 0 radical (unpaired) electrons. The molecule has 5 rings (SSSR count). The first kappa shape index (κ1) is 48.1. The van der Waals surface area contributed by atoms with Crippen LogP contribution in [-0.4, -0.2) is 37.9 Å². The van der Waals surface area contributed by atoms with Gasteiger partial charge < -0.3 is 29.5 Å². The maximum absolute atomic E-state index is 13.7. The van der Waals surface area contributed by atoms with Crippen molar-refractivity contribution in [3.63, 3.8) is 0 Å². The molecule has 0 aromatic heterocycles. The Morgan fingerprint density at radius 3 is 1.79 bits per heavy atom. The van der Waals surface area contributed by atoms with E-state index < -0.39 is 26.6 Å². The van der Waals surface area contributed by atoms with Crippen LogP contribution in [0.1, 0.15) is 81.2 Å². The number of urea groups is 1. The summed E-state index contributed by atoms with van der Waals surface area (Å²) in [5.41, 5.74) is 6.36. The maximum atomic E-state index is 13.7. The van der Waals surface area contributed by atoms with E-state index >= 15 is 0 Å². The minimum atomic E-state index is -4.07. The zero-order chi connectivity index (χ0) is 45.2. The highest BCUT2D eigenvalue weighted by Crippen LogP contribution is 2.51. The van der Waals surface area contributed by atoms with Gasteiger partial charge in [-0.05, 0) is 89.8 Å². The highest BCUT2D eigenvalue weighted by Gasteiger charge is 2.29. The number of nitrogens with one attached hydrogen (secondary N) is 2. The molecule has 1 unspecified atom stereocenters. The first-order valence-corrected chi connectivity index (χ1v) is 22.8. The third-order valence-corrected chi connectivity index (χ3v) is 11.2. The van der Waals surface area contributed by atoms with Crippen molar-refractivity contribution in [3.05, 3.63) is 155 Å². The number of carbonyl (C=O) groups is 3. The molecule has 0 aliphatic heterocycles. The fourth-order valence-electron chi connectivity index (χ4n) is 6.74. The number of carbonyl (C=O) groups excluding carboxylic acids is 3. The van der Waals surface area contributed by atoms with Crippen LogP contribution in [0.5, 0.6) is 5.75 Å². The molecule has 63 heavy (non-hydrogen) atoms. The number of rotatable bonds is 23. The summed E-state index contributed by atoms with van der Waals surface area (Å²) in [5.74, 6) is -0.365. The SMILES string of the molecule is CCC(CC(=O)OCOC(=O)Cc1ccc(OP(=O)(OCc2ccccc2)OCc2ccccc2)cc1)c1ccc(N(CC(C)C)CC(C)C)c(NC(=O)Nc2ccc(C)cc2)c1. The van der Waals surface area contributed by atoms with E-state index in [4.69, 9.17) is 23.0 Å². The Labute approximate surface area is 371 Å². The van der Waals surface area contributed by atoms with Gasteiger partial charge in [-0.25, -0.2) is 9.36 Å². The average Bonchev–Trinajstić information content (AvgIpc) is 3.26. The molecule has 5 aromatic rings. The van der Waals surface area contributed by atoms with E-state index in [2.05, 4.69) is 43.2 Å². The van der Waals surface area contributed by atoms with Gasteiger partial charge in [0.05, 0.1) is 37.4 Å². The molecule has 0 heterocycles. The van der Waals surface area contributed by atoms with E-state index in [1.807, 2.05) is 117 Å². The van der Waals surface area contributed by atoms with Crippen molar-refractivity contribution in [2.75, 3.05) is 35.4 Å².